The lowest BCUT2D eigenvalue weighted by molar-refractivity contribution is -0.310. The molecule has 7 N–H and O–H groups in total. The molecule has 16 atom stereocenters. The van der Waals surface area contributed by atoms with Gasteiger partial charge in [0.2, 0.25) is 0 Å². The zero-order chi connectivity index (χ0) is 30.0. The highest BCUT2D eigenvalue weighted by atomic mass is 16.7. The topological polar surface area (TPSA) is 194 Å². The molecule has 11 nitrogen and oxygen atoms in total. The van der Waals surface area contributed by atoms with Crippen molar-refractivity contribution in [1.29, 1.82) is 0 Å². The molecule has 4 saturated carbocycles. The number of aliphatic hydroxyl groups is 5. The molecule has 0 spiro atoms. The van der Waals surface area contributed by atoms with E-state index in [9.17, 15) is 45.3 Å². The Labute approximate surface area is 240 Å². The first-order valence-electron chi connectivity index (χ1n) is 15.4. The Bertz CT molecular complexity index is 991. The van der Waals surface area contributed by atoms with E-state index in [0.29, 0.717) is 32.1 Å². The first-order chi connectivity index (χ1) is 19.2. The first kappa shape index (κ1) is 31.1. The van der Waals surface area contributed by atoms with Gasteiger partial charge in [-0.05, 0) is 97.7 Å². The van der Waals surface area contributed by atoms with Gasteiger partial charge >= 0.3 is 11.9 Å². The molecule has 0 aromatic rings. The Hall–Kier alpha value is -1.34. The molecule has 0 aromatic heterocycles. The van der Waals surface area contributed by atoms with Gasteiger partial charge in [0.05, 0.1) is 18.3 Å². The summed E-state index contributed by atoms with van der Waals surface area (Å²) >= 11 is 0. The summed E-state index contributed by atoms with van der Waals surface area (Å²) in [5, 5.41) is 72.5. The quantitative estimate of drug-likeness (QED) is 0.214. The van der Waals surface area contributed by atoms with E-state index < -0.39 is 61.0 Å². The molecule has 0 amide bonds. The normalized spacial score (nSPS) is 52.1. The molecule has 5 fully saturated rings. The van der Waals surface area contributed by atoms with Crippen LogP contribution in [0.15, 0.2) is 0 Å². The molecule has 234 valence electrons. The van der Waals surface area contributed by atoms with Crippen molar-refractivity contribution in [2.24, 2.45) is 46.3 Å². The average molecular weight is 585 g/mol. The molecule has 4 aliphatic carbocycles. The van der Waals surface area contributed by atoms with Crippen LogP contribution in [0.1, 0.15) is 78.6 Å². The van der Waals surface area contributed by atoms with Crippen molar-refractivity contribution in [3.05, 3.63) is 0 Å². The van der Waals surface area contributed by atoms with Gasteiger partial charge in [0.1, 0.15) is 18.3 Å². The summed E-state index contributed by atoms with van der Waals surface area (Å²) in [5.74, 6) is -1.49. The number of aliphatic carboxylic acids is 2. The minimum absolute atomic E-state index is 0.0512. The molecule has 0 bridgehead atoms. The lowest BCUT2D eigenvalue weighted by Crippen LogP contribution is -2.63. The van der Waals surface area contributed by atoms with E-state index in [1.807, 2.05) is 0 Å². The van der Waals surface area contributed by atoms with E-state index in [2.05, 4.69) is 20.8 Å². The summed E-state index contributed by atoms with van der Waals surface area (Å²) in [5.41, 5.74) is -0.519. The fourth-order valence-electron chi connectivity index (χ4n) is 10.1. The van der Waals surface area contributed by atoms with Crippen molar-refractivity contribution in [2.45, 2.75) is 128 Å². The predicted molar refractivity (Wildman–Crippen MR) is 143 cm³/mol. The molecule has 0 aromatic carbocycles. The third kappa shape index (κ3) is 5.13. The highest BCUT2D eigenvalue weighted by Crippen LogP contribution is 2.68. The predicted octanol–water partition coefficient (Wildman–Crippen LogP) is 1.37. The zero-order valence-corrected chi connectivity index (χ0v) is 24.2. The average Bonchev–Trinajstić information content (AvgIpc) is 3.27. The van der Waals surface area contributed by atoms with Gasteiger partial charge in [0, 0.05) is 6.42 Å². The monoisotopic (exact) mass is 584 g/mol. The van der Waals surface area contributed by atoms with E-state index >= 15 is 0 Å². The smallest absolute Gasteiger partial charge is 0.335 e. The number of rotatable bonds is 7. The summed E-state index contributed by atoms with van der Waals surface area (Å²) in [6.07, 6.45) is -4.07. The van der Waals surface area contributed by atoms with Crippen LogP contribution in [0.2, 0.25) is 0 Å². The Morgan fingerprint density at radius 2 is 1.63 bits per heavy atom. The molecule has 41 heavy (non-hydrogen) atoms. The van der Waals surface area contributed by atoms with Gasteiger partial charge in [0.15, 0.2) is 12.4 Å². The summed E-state index contributed by atoms with van der Waals surface area (Å²) in [6, 6.07) is 0. The minimum atomic E-state index is -1.78. The van der Waals surface area contributed by atoms with Crippen LogP contribution in [-0.2, 0) is 19.1 Å². The Morgan fingerprint density at radius 1 is 0.927 bits per heavy atom. The number of ether oxygens (including phenoxy) is 2. The number of hydrogen-bond acceptors (Lipinski definition) is 9. The van der Waals surface area contributed by atoms with Crippen molar-refractivity contribution in [3.8, 4) is 0 Å². The Balaban J connectivity index is 1.30. The molecule has 1 aliphatic heterocycles. The summed E-state index contributed by atoms with van der Waals surface area (Å²) in [7, 11) is 0. The van der Waals surface area contributed by atoms with Crippen molar-refractivity contribution in [3.63, 3.8) is 0 Å². The van der Waals surface area contributed by atoms with Crippen LogP contribution in [0, 0.1) is 46.3 Å². The fraction of sp³-hybridized carbons (Fsp3) is 0.933. The van der Waals surface area contributed by atoms with Crippen LogP contribution in [0.25, 0.3) is 0 Å². The number of carboxylic acid groups (broad SMARTS) is 2. The Morgan fingerprint density at radius 3 is 2.29 bits per heavy atom. The second kappa shape index (κ2) is 11.3. The van der Waals surface area contributed by atoms with Gasteiger partial charge in [-0.1, -0.05) is 20.8 Å². The molecule has 5 aliphatic rings. The van der Waals surface area contributed by atoms with Gasteiger partial charge in [-0.25, -0.2) is 4.79 Å². The van der Waals surface area contributed by atoms with Crippen LogP contribution in [-0.4, -0.2) is 96.7 Å². The highest BCUT2D eigenvalue weighted by molar-refractivity contribution is 5.73. The molecule has 5 rings (SSSR count). The van der Waals surface area contributed by atoms with Gasteiger partial charge in [-0.15, -0.1) is 0 Å². The second-order valence-electron chi connectivity index (χ2n) is 14.3. The van der Waals surface area contributed by atoms with Crippen molar-refractivity contribution in [1.82, 2.24) is 0 Å². The van der Waals surface area contributed by atoms with Crippen LogP contribution >= 0.6 is 0 Å². The maximum atomic E-state index is 11.7. The summed E-state index contributed by atoms with van der Waals surface area (Å²) < 4.78 is 11.4. The second-order valence-corrected chi connectivity index (χ2v) is 14.3. The van der Waals surface area contributed by atoms with Gasteiger partial charge in [0.25, 0.3) is 0 Å². The lowest BCUT2D eigenvalue weighted by atomic mass is 9.43. The largest absolute Gasteiger partial charge is 0.481 e. The highest BCUT2D eigenvalue weighted by Gasteiger charge is 2.66. The van der Waals surface area contributed by atoms with Crippen LogP contribution in [0.5, 0.6) is 0 Å². The van der Waals surface area contributed by atoms with E-state index in [1.165, 1.54) is 0 Å². The number of hydrogen-bond donors (Lipinski definition) is 7. The molecule has 11 heteroatoms. The third-order valence-electron chi connectivity index (χ3n) is 12.5. The molecule has 0 radical (unpaired) electrons. The molecule has 1 heterocycles. The fourth-order valence-corrected chi connectivity index (χ4v) is 10.1. The van der Waals surface area contributed by atoms with Crippen LogP contribution in [0.4, 0.5) is 0 Å². The minimum Gasteiger partial charge on any atom is -0.481 e. The standard InChI is InChI=1S/C30H48O11/c1-13(4-7-21(33)34)16-5-6-17-22-18(12-20(32)30(16,17)3)29(2)9-8-15(10-14(29)11-19(22)31)40-28-25(37)23(35)24(36)26(41-28)27(38)39/h13-20,22-26,28,31-32,35-37H,4-12H2,1-3H3,(H,33,34)(H,38,39). The number of aliphatic hydroxyl groups excluding tert-OH is 5. The lowest BCUT2D eigenvalue weighted by Gasteiger charge is -2.63. The summed E-state index contributed by atoms with van der Waals surface area (Å²) in [6.45, 7) is 6.51. The number of fused-ring (bicyclic) bond motifs is 5. The molecular formula is C30H48O11. The van der Waals surface area contributed by atoms with Crippen LogP contribution < -0.4 is 0 Å². The van der Waals surface area contributed by atoms with Gasteiger partial charge < -0.3 is 45.2 Å². The Kier molecular flexibility index (Phi) is 8.57. The van der Waals surface area contributed by atoms with Gasteiger partial charge in [-0.2, -0.15) is 0 Å². The van der Waals surface area contributed by atoms with Crippen molar-refractivity contribution in [2.75, 3.05) is 0 Å². The van der Waals surface area contributed by atoms with Gasteiger partial charge in [-0.3, -0.25) is 4.79 Å². The van der Waals surface area contributed by atoms with Crippen LogP contribution in [0.3, 0.4) is 0 Å². The molecule has 16 unspecified atom stereocenters. The number of carboxylic acids is 2. The maximum absolute atomic E-state index is 11.7. The van der Waals surface area contributed by atoms with E-state index in [-0.39, 0.29) is 52.8 Å². The SMILES string of the molecule is CC(CCC(=O)O)C1CCC2C3C(O)CC4CC(OC5OC(C(=O)O)C(O)C(O)C5O)CCC4(C)C3CC(O)C12C. The third-order valence-corrected chi connectivity index (χ3v) is 12.5. The van der Waals surface area contributed by atoms with E-state index in [4.69, 9.17) is 9.47 Å². The molecular weight excluding hydrogens is 536 g/mol. The van der Waals surface area contributed by atoms with Crippen molar-refractivity contribution >= 4 is 11.9 Å². The summed E-state index contributed by atoms with van der Waals surface area (Å²) in [4.78, 5) is 22.7. The zero-order valence-electron chi connectivity index (χ0n) is 24.2. The van der Waals surface area contributed by atoms with E-state index in [1.54, 1.807) is 0 Å². The van der Waals surface area contributed by atoms with E-state index in [0.717, 1.165) is 19.3 Å². The number of carbonyl (C=O) groups is 2. The first-order valence-corrected chi connectivity index (χ1v) is 15.4. The maximum Gasteiger partial charge on any atom is 0.335 e. The van der Waals surface area contributed by atoms with Crippen molar-refractivity contribution < 1.29 is 54.8 Å². The molecule has 1 saturated heterocycles.